The molecule has 0 aliphatic heterocycles. The summed E-state index contributed by atoms with van der Waals surface area (Å²) in [5, 5.41) is 10.3. The highest BCUT2D eigenvalue weighted by atomic mass is 32.2. The van der Waals surface area contributed by atoms with Crippen LogP contribution in [-0.4, -0.2) is 22.8 Å². The summed E-state index contributed by atoms with van der Waals surface area (Å²) in [6.07, 6.45) is 3.35. The van der Waals surface area contributed by atoms with Crippen LogP contribution in [0.15, 0.2) is 0 Å². The number of hydrogen-bond acceptors (Lipinski definition) is 3. The lowest BCUT2D eigenvalue weighted by Gasteiger charge is -1.90. The molecule has 0 radical (unpaired) electrons. The molecule has 0 saturated heterocycles. The van der Waals surface area contributed by atoms with Crippen LogP contribution in [-0.2, 0) is 10.8 Å². The van der Waals surface area contributed by atoms with Gasteiger partial charge in [0.25, 0.3) is 0 Å². The van der Waals surface area contributed by atoms with Gasteiger partial charge in [-0.2, -0.15) is 5.26 Å². The minimum atomic E-state index is -0.781. The molecular formula is C4H8N2OS. The van der Waals surface area contributed by atoms with Gasteiger partial charge in [0, 0.05) is 29.4 Å². The molecule has 0 aromatic carbocycles. The van der Waals surface area contributed by atoms with E-state index >= 15 is 0 Å². The van der Waals surface area contributed by atoms with Gasteiger partial charge in [-0.1, -0.05) is 0 Å². The summed E-state index contributed by atoms with van der Waals surface area (Å²) in [4.78, 5) is 0. The number of nitrogens with zero attached hydrogens (tertiary/aromatic N) is 1. The van der Waals surface area contributed by atoms with Crippen LogP contribution in [0.5, 0.6) is 0 Å². The fourth-order valence-corrected chi connectivity index (χ4v) is 0.640. The van der Waals surface area contributed by atoms with Crippen LogP contribution in [0, 0.1) is 11.5 Å². The van der Waals surface area contributed by atoms with Crippen LogP contribution < -0.4 is 5.32 Å². The summed E-state index contributed by atoms with van der Waals surface area (Å²) >= 11 is 0. The van der Waals surface area contributed by atoms with Gasteiger partial charge in [-0.05, 0) is 0 Å². The molecule has 0 saturated carbocycles. The van der Waals surface area contributed by atoms with Gasteiger partial charge in [0.05, 0.1) is 0 Å². The quantitative estimate of drug-likeness (QED) is 0.318. The standard InChI is InChI=1S/C4H8N2OS/c1-8(7)3-2-6-4-5/h6H,2-3H2,1H3. The summed E-state index contributed by atoms with van der Waals surface area (Å²) in [7, 11) is -0.781. The first-order valence-corrected chi connectivity index (χ1v) is 3.92. The Morgan fingerprint density at radius 1 is 1.88 bits per heavy atom. The highest BCUT2D eigenvalue weighted by Gasteiger charge is 1.86. The number of hydrogen-bond donors (Lipinski definition) is 1. The van der Waals surface area contributed by atoms with Gasteiger partial charge in [0.1, 0.15) is 0 Å². The maximum absolute atomic E-state index is 10.3. The van der Waals surface area contributed by atoms with Gasteiger partial charge in [-0.25, -0.2) is 0 Å². The molecule has 0 spiro atoms. The Labute approximate surface area is 51.2 Å². The molecule has 0 rings (SSSR count). The Kier molecular flexibility index (Phi) is 4.27. The summed E-state index contributed by atoms with van der Waals surface area (Å²) < 4.78 is 10.3. The average molecular weight is 132 g/mol. The van der Waals surface area contributed by atoms with Crippen molar-refractivity contribution in [3.05, 3.63) is 0 Å². The molecule has 1 atom stereocenters. The highest BCUT2D eigenvalue weighted by molar-refractivity contribution is 7.84. The van der Waals surface area contributed by atoms with E-state index in [1.807, 2.05) is 0 Å². The number of rotatable bonds is 3. The Bertz CT molecular complexity index is 118. The summed E-state index contributed by atoms with van der Waals surface area (Å²) in [6, 6.07) is 0. The molecular weight excluding hydrogens is 124 g/mol. The van der Waals surface area contributed by atoms with Gasteiger partial charge in [0.2, 0.25) is 0 Å². The molecule has 0 aromatic rings. The molecule has 8 heavy (non-hydrogen) atoms. The van der Waals surface area contributed by atoms with Crippen LogP contribution in [0.2, 0.25) is 0 Å². The predicted octanol–water partition coefficient (Wildman–Crippen LogP) is -0.564. The minimum absolute atomic E-state index is 0.514. The van der Waals surface area contributed by atoms with Gasteiger partial charge in [-0.15, -0.1) is 0 Å². The van der Waals surface area contributed by atoms with E-state index in [1.165, 1.54) is 0 Å². The van der Waals surface area contributed by atoms with Crippen molar-refractivity contribution in [3.8, 4) is 6.19 Å². The third-order valence-corrected chi connectivity index (χ3v) is 1.37. The molecule has 0 bridgehead atoms. The largest absolute Gasteiger partial charge is 0.323 e. The van der Waals surface area contributed by atoms with E-state index in [0.29, 0.717) is 12.3 Å². The van der Waals surface area contributed by atoms with E-state index in [-0.39, 0.29) is 0 Å². The molecule has 0 aliphatic rings. The van der Waals surface area contributed by atoms with E-state index in [2.05, 4.69) is 5.32 Å². The number of nitrogens with one attached hydrogen (secondary N) is 1. The van der Waals surface area contributed by atoms with Crippen molar-refractivity contribution in [2.75, 3.05) is 18.6 Å². The monoisotopic (exact) mass is 132 g/mol. The van der Waals surface area contributed by atoms with Crippen molar-refractivity contribution in [1.82, 2.24) is 5.32 Å². The van der Waals surface area contributed by atoms with Crippen LogP contribution in [0.3, 0.4) is 0 Å². The molecule has 3 nitrogen and oxygen atoms in total. The summed E-state index contributed by atoms with van der Waals surface area (Å²) in [6.45, 7) is 0.514. The van der Waals surface area contributed by atoms with Crippen molar-refractivity contribution < 1.29 is 4.21 Å². The first-order valence-electron chi connectivity index (χ1n) is 2.19. The molecule has 46 valence electrons. The summed E-state index contributed by atoms with van der Waals surface area (Å²) in [5.41, 5.74) is 0. The van der Waals surface area contributed by atoms with Crippen molar-refractivity contribution in [2.45, 2.75) is 0 Å². The lowest BCUT2D eigenvalue weighted by molar-refractivity contribution is 0.685. The molecule has 0 aliphatic carbocycles. The van der Waals surface area contributed by atoms with E-state index in [0.717, 1.165) is 0 Å². The minimum Gasteiger partial charge on any atom is -0.323 e. The molecule has 4 heteroatoms. The normalized spacial score (nSPS) is 12.0. The van der Waals surface area contributed by atoms with Crippen LogP contribution >= 0.6 is 0 Å². The molecule has 0 fully saturated rings. The van der Waals surface area contributed by atoms with E-state index in [4.69, 9.17) is 5.26 Å². The third kappa shape index (κ3) is 5.44. The van der Waals surface area contributed by atoms with E-state index in [9.17, 15) is 4.21 Å². The third-order valence-electron chi connectivity index (χ3n) is 0.594. The maximum atomic E-state index is 10.3. The van der Waals surface area contributed by atoms with Crippen molar-refractivity contribution in [3.63, 3.8) is 0 Å². The second-order valence-corrected chi connectivity index (χ2v) is 2.87. The first-order chi connectivity index (χ1) is 3.77. The Hall–Kier alpha value is -0.560. The van der Waals surface area contributed by atoms with Gasteiger partial charge < -0.3 is 5.32 Å². The van der Waals surface area contributed by atoms with E-state index in [1.54, 1.807) is 12.4 Å². The van der Waals surface area contributed by atoms with Crippen molar-refractivity contribution >= 4 is 10.8 Å². The van der Waals surface area contributed by atoms with Gasteiger partial charge >= 0.3 is 0 Å². The van der Waals surface area contributed by atoms with Crippen LogP contribution in [0.25, 0.3) is 0 Å². The first kappa shape index (κ1) is 7.44. The molecule has 1 N–H and O–H groups in total. The zero-order chi connectivity index (χ0) is 6.41. The van der Waals surface area contributed by atoms with Crippen molar-refractivity contribution in [1.29, 1.82) is 5.26 Å². The summed E-state index contributed by atoms with van der Waals surface area (Å²) in [5.74, 6) is 0.549. The van der Waals surface area contributed by atoms with E-state index < -0.39 is 10.8 Å². The molecule has 0 heterocycles. The lowest BCUT2D eigenvalue weighted by atomic mass is 10.8. The Morgan fingerprint density at radius 3 is 2.88 bits per heavy atom. The van der Waals surface area contributed by atoms with Crippen LogP contribution in [0.1, 0.15) is 0 Å². The second kappa shape index (κ2) is 4.60. The van der Waals surface area contributed by atoms with Gasteiger partial charge in [-0.3, -0.25) is 4.21 Å². The SMILES string of the molecule is CS(=O)CCNC#N. The second-order valence-electron chi connectivity index (χ2n) is 1.32. The zero-order valence-electron chi connectivity index (χ0n) is 4.68. The fourth-order valence-electron chi connectivity index (χ4n) is 0.251. The van der Waals surface area contributed by atoms with Crippen molar-refractivity contribution in [2.24, 2.45) is 0 Å². The average Bonchev–Trinajstić information content (AvgIpc) is 1.66. The Balaban J connectivity index is 2.97. The smallest absolute Gasteiger partial charge is 0.176 e. The Morgan fingerprint density at radius 2 is 2.50 bits per heavy atom. The molecule has 0 aromatic heterocycles. The molecule has 0 amide bonds. The lowest BCUT2D eigenvalue weighted by Crippen LogP contribution is -2.13. The molecule has 1 unspecified atom stereocenters. The fraction of sp³-hybridized carbons (Fsp3) is 0.750. The topological polar surface area (TPSA) is 52.9 Å². The van der Waals surface area contributed by atoms with Gasteiger partial charge in [0.15, 0.2) is 6.19 Å². The predicted molar refractivity (Wildman–Crippen MR) is 32.5 cm³/mol. The van der Waals surface area contributed by atoms with Crippen LogP contribution in [0.4, 0.5) is 0 Å². The zero-order valence-corrected chi connectivity index (χ0v) is 5.49. The number of nitriles is 1. The highest BCUT2D eigenvalue weighted by Crippen LogP contribution is 1.68. The maximum Gasteiger partial charge on any atom is 0.176 e.